The van der Waals surface area contributed by atoms with Gasteiger partial charge in [-0.3, -0.25) is 4.79 Å². The summed E-state index contributed by atoms with van der Waals surface area (Å²) in [5, 5.41) is 0. The van der Waals surface area contributed by atoms with Crippen LogP contribution >= 0.6 is 0 Å². The van der Waals surface area contributed by atoms with Crippen molar-refractivity contribution >= 4 is 24.3 Å². The molecule has 2 aliphatic rings. The second-order valence-corrected chi connectivity index (χ2v) is 6.92. The maximum absolute atomic E-state index is 12.6. The summed E-state index contributed by atoms with van der Waals surface area (Å²) >= 11 is 0. The van der Waals surface area contributed by atoms with Crippen molar-refractivity contribution < 1.29 is 23.6 Å². The standard InChI is InChI=1S/C18H23BO5/c1-4-22-16(21)15-18(12-8-11-14(20)17(18,2)3)24-19(23-15)13-9-6-5-7-10-13/h5-7,9-10,15H,4,8,11-12H2,1-3H3/t15-,18+/m0/s1. The van der Waals surface area contributed by atoms with Gasteiger partial charge in [-0.2, -0.15) is 0 Å². The summed E-state index contributed by atoms with van der Waals surface area (Å²) in [6.07, 6.45) is 0.882. The molecule has 128 valence electrons. The predicted octanol–water partition coefficient (Wildman–Crippen LogP) is 1.88. The van der Waals surface area contributed by atoms with Crippen molar-refractivity contribution in [3.8, 4) is 0 Å². The monoisotopic (exact) mass is 330 g/mol. The highest BCUT2D eigenvalue weighted by Crippen LogP contribution is 2.50. The average Bonchev–Trinajstić information content (AvgIpc) is 2.96. The molecule has 0 unspecified atom stereocenters. The Kier molecular flexibility index (Phi) is 4.53. The van der Waals surface area contributed by atoms with Crippen LogP contribution in [0.4, 0.5) is 0 Å². The minimum absolute atomic E-state index is 0.0976. The summed E-state index contributed by atoms with van der Waals surface area (Å²) in [6, 6.07) is 9.48. The lowest BCUT2D eigenvalue weighted by Crippen LogP contribution is -2.60. The topological polar surface area (TPSA) is 61.8 Å². The van der Waals surface area contributed by atoms with Crippen LogP contribution in [0.25, 0.3) is 0 Å². The Hall–Kier alpha value is -1.66. The number of rotatable bonds is 3. The molecule has 2 atom stereocenters. The van der Waals surface area contributed by atoms with Crippen LogP contribution in [0, 0.1) is 5.41 Å². The Labute approximate surface area is 142 Å². The molecule has 0 N–H and O–H groups in total. The van der Waals surface area contributed by atoms with Gasteiger partial charge in [0, 0.05) is 6.42 Å². The van der Waals surface area contributed by atoms with E-state index in [0.29, 0.717) is 19.3 Å². The molecule has 0 radical (unpaired) electrons. The van der Waals surface area contributed by atoms with E-state index in [1.54, 1.807) is 6.92 Å². The van der Waals surface area contributed by atoms with Gasteiger partial charge in [-0.15, -0.1) is 0 Å². The zero-order valence-corrected chi connectivity index (χ0v) is 14.4. The third-order valence-corrected chi connectivity index (χ3v) is 5.28. The third kappa shape index (κ3) is 2.58. The van der Waals surface area contributed by atoms with Gasteiger partial charge < -0.3 is 14.0 Å². The molecule has 1 heterocycles. The molecule has 1 saturated carbocycles. The maximum Gasteiger partial charge on any atom is 0.495 e. The molecule has 1 aromatic carbocycles. The minimum atomic E-state index is -0.991. The van der Waals surface area contributed by atoms with Crippen molar-refractivity contribution in [1.82, 2.24) is 0 Å². The van der Waals surface area contributed by atoms with Crippen molar-refractivity contribution in [2.45, 2.75) is 51.7 Å². The number of carbonyl (C=O) groups excluding carboxylic acids is 2. The maximum atomic E-state index is 12.6. The van der Waals surface area contributed by atoms with E-state index in [1.807, 2.05) is 44.2 Å². The van der Waals surface area contributed by atoms with Crippen LogP contribution in [0.5, 0.6) is 0 Å². The van der Waals surface area contributed by atoms with Crippen molar-refractivity contribution in [3.05, 3.63) is 30.3 Å². The fraction of sp³-hybridized carbons (Fsp3) is 0.556. The van der Waals surface area contributed by atoms with Gasteiger partial charge in [0.15, 0.2) is 6.10 Å². The summed E-state index contributed by atoms with van der Waals surface area (Å²) in [5.41, 5.74) is -0.973. The normalized spacial score (nSPS) is 29.0. The highest BCUT2D eigenvalue weighted by atomic mass is 16.7. The molecule has 5 nitrogen and oxygen atoms in total. The molecule has 0 aromatic heterocycles. The van der Waals surface area contributed by atoms with Crippen LogP contribution in [0.15, 0.2) is 30.3 Å². The lowest BCUT2D eigenvalue weighted by Gasteiger charge is -2.47. The van der Waals surface area contributed by atoms with Crippen LogP contribution in [0.2, 0.25) is 0 Å². The zero-order valence-electron chi connectivity index (χ0n) is 14.4. The lowest BCUT2D eigenvalue weighted by atomic mass is 9.62. The van der Waals surface area contributed by atoms with Gasteiger partial charge in [0.25, 0.3) is 0 Å². The second-order valence-electron chi connectivity index (χ2n) is 6.92. The average molecular weight is 330 g/mol. The predicted molar refractivity (Wildman–Crippen MR) is 89.8 cm³/mol. The summed E-state index contributed by atoms with van der Waals surface area (Å²) in [6.45, 7) is 5.71. The number of ether oxygens (including phenoxy) is 1. The Morgan fingerprint density at radius 2 is 2.04 bits per heavy atom. The molecule has 1 aliphatic carbocycles. The first-order valence-corrected chi connectivity index (χ1v) is 8.50. The number of carbonyl (C=O) groups is 2. The van der Waals surface area contributed by atoms with Gasteiger partial charge in [0.2, 0.25) is 0 Å². The number of hydrogen-bond acceptors (Lipinski definition) is 5. The number of hydrogen-bond donors (Lipinski definition) is 0. The van der Waals surface area contributed by atoms with Crippen LogP contribution in [0.3, 0.4) is 0 Å². The summed E-state index contributed by atoms with van der Waals surface area (Å²) < 4.78 is 17.5. The molecular formula is C18H23BO5. The van der Waals surface area contributed by atoms with Gasteiger partial charge in [-0.05, 0) is 25.2 Å². The van der Waals surface area contributed by atoms with Crippen molar-refractivity contribution in [1.29, 1.82) is 0 Å². The number of esters is 1. The smallest absolute Gasteiger partial charge is 0.464 e. The zero-order chi connectivity index (χ0) is 17.4. The van der Waals surface area contributed by atoms with E-state index < -0.39 is 30.2 Å². The van der Waals surface area contributed by atoms with E-state index in [9.17, 15) is 9.59 Å². The molecule has 0 amide bonds. The molecule has 0 bridgehead atoms. The lowest BCUT2D eigenvalue weighted by molar-refractivity contribution is -0.170. The Balaban J connectivity index is 2.00. The van der Waals surface area contributed by atoms with E-state index in [0.717, 1.165) is 5.46 Å². The van der Waals surface area contributed by atoms with Gasteiger partial charge in [-0.25, -0.2) is 4.79 Å². The first-order valence-electron chi connectivity index (χ1n) is 8.50. The fourth-order valence-corrected chi connectivity index (χ4v) is 3.77. The van der Waals surface area contributed by atoms with E-state index >= 15 is 0 Å². The molecule has 3 rings (SSSR count). The fourth-order valence-electron chi connectivity index (χ4n) is 3.77. The quantitative estimate of drug-likeness (QED) is 0.625. The molecule has 6 heteroatoms. The number of ketones is 1. The molecule has 24 heavy (non-hydrogen) atoms. The van der Waals surface area contributed by atoms with E-state index in [1.165, 1.54) is 0 Å². The molecule has 1 saturated heterocycles. The summed E-state index contributed by atoms with van der Waals surface area (Å²) in [7, 11) is -0.675. The number of Topliss-reactive ketones (excluding diaryl/α,β-unsaturated/α-hetero) is 1. The van der Waals surface area contributed by atoms with Gasteiger partial charge in [-0.1, -0.05) is 44.2 Å². The Bertz CT molecular complexity index is 630. The second kappa shape index (κ2) is 6.33. The van der Waals surface area contributed by atoms with Gasteiger partial charge >= 0.3 is 13.1 Å². The summed E-state index contributed by atoms with van der Waals surface area (Å²) in [4.78, 5) is 25.1. The highest BCUT2D eigenvalue weighted by Gasteiger charge is 2.65. The molecule has 1 aliphatic heterocycles. The molecule has 1 spiro atoms. The SMILES string of the molecule is CCOC(=O)[C@@H]1OB(c2ccccc2)O[C@]12CCCC(=O)C2(C)C. The van der Waals surface area contributed by atoms with Crippen molar-refractivity contribution in [2.75, 3.05) is 6.61 Å². The van der Waals surface area contributed by atoms with Gasteiger partial charge in [0.1, 0.15) is 11.4 Å². The summed E-state index contributed by atoms with van der Waals surface area (Å²) in [5.74, 6) is -0.362. The first kappa shape index (κ1) is 17.2. The van der Waals surface area contributed by atoms with Crippen molar-refractivity contribution in [2.24, 2.45) is 5.41 Å². The molecular weight excluding hydrogens is 307 g/mol. The van der Waals surface area contributed by atoms with Crippen LogP contribution < -0.4 is 5.46 Å². The van der Waals surface area contributed by atoms with Crippen LogP contribution in [-0.2, 0) is 23.6 Å². The van der Waals surface area contributed by atoms with Gasteiger partial charge in [0.05, 0.1) is 12.0 Å². The Morgan fingerprint density at radius 1 is 1.33 bits per heavy atom. The van der Waals surface area contributed by atoms with E-state index in [4.69, 9.17) is 14.0 Å². The number of benzene rings is 1. The van der Waals surface area contributed by atoms with Crippen molar-refractivity contribution in [3.63, 3.8) is 0 Å². The van der Waals surface area contributed by atoms with E-state index in [2.05, 4.69) is 0 Å². The molecule has 1 aromatic rings. The minimum Gasteiger partial charge on any atom is -0.464 e. The molecule has 2 fully saturated rings. The third-order valence-electron chi connectivity index (χ3n) is 5.28. The van der Waals surface area contributed by atoms with Crippen LogP contribution in [0.1, 0.15) is 40.0 Å². The largest absolute Gasteiger partial charge is 0.495 e. The van der Waals surface area contributed by atoms with E-state index in [-0.39, 0.29) is 12.4 Å². The Morgan fingerprint density at radius 3 is 2.71 bits per heavy atom. The first-order chi connectivity index (χ1) is 11.4. The van der Waals surface area contributed by atoms with Crippen LogP contribution in [-0.4, -0.2) is 37.2 Å². The highest BCUT2D eigenvalue weighted by molar-refractivity contribution is 6.62.